The number of nitrogens with one attached hydrogen (secondary N) is 1. The van der Waals surface area contributed by atoms with Crippen LogP contribution in [0.1, 0.15) is 27.9 Å². The van der Waals surface area contributed by atoms with Crippen molar-refractivity contribution >= 4 is 63.1 Å². The van der Waals surface area contributed by atoms with Crippen LogP contribution in [-0.4, -0.2) is 48.0 Å². The smallest absolute Gasteiger partial charge is 0.412 e. The van der Waals surface area contributed by atoms with Gasteiger partial charge in [0.15, 0.2) is 17.1 Å². The number of aromatic nitrogens is 6. The highest BCUT2D eigenvalue weighted by Crippen LogP contribution is 2.42. The van der Waals surface area contributed by atoms with Gasteiger partial charge in [0, 0.05) is 18.0 Å². The van der Waals surface area contributed by atoms with Crippen LogP contribution in [0.3, 0.4) is 0 Å². The molecule has 7 aromatic rings. The summed E-state index contributed by atoms with van der Waals surface area (Å²) in [6.07, 6.45) is 2.68. The molecule has 0 aliphatic rings. The molecule has 15 nitrogen and oxygen atoms in total. The summed E-state index contributed by atoms with van der Waals surface area (Å²) in [4.78, 5) is 32.3. The fourth-order valence-electron chi connectivity index (χ4n) is 6.13. The summed E-state index contributed by atoms with van der Waals surface area (Å²) >= 11 is 0. The van der Waals surface area contributed by atoms with Crippen molar-refractivity contribution in [2.24, 2.45) is 10.2 Å². The Labute approximate surface area is 302 Å². The molecule has 0 unspecified atom stereocenters. The second kappa shape index (κ2) is 14.0. The van der Waals surface area contributed by atoms with Gasteiger partial charge in [-0.2, -0.15) is 20.2 Å². The molecule has 0 aliphatic carbocycles. The molecule has 15 heteroatoms. The molecule has 53 heavy (non-hydrogen) atoms. The number of anilines is 4. The van der Waals surface area contributed by atoms with Gasteiger partial charge in [0.2, 0.25) is 17.6 Å². The average molecular weight is 706 g/mol. The van der Waals surface area contributed by atoms with E-state index < -0.39 is 12.0 Å². The molecule has 7 rings (SSSR count). The van der Waals surface area contributed by atoms with Crippen molar-refractivity contribution in [3.05, 3.63) is 114 Å². The molecule has 262 valence electrons. The third-order valence-corrected chi connectivity index (χ3v) is 8.30. The first-order valence-corrected chi connectivity index (χ1v) is 16.3. The monoisotopic (exact) mass is 705 g/mol. The molecule has 0 aliphatic heterocycles. The number of carbonyl (C=O) groups excluding carboxylic acids is 1. The van der Waals surface area contributed by atoms with Gasteiger partial charge in [-0.05, 0) is 56.2 Å². The highest BCUT2D eigenvalue weighted by atomic mass is 16.5. The first-order chi connectivity index (χ1) is 25.7. The number of allylic oxidation sites excluding steroid dienone is 1. The third-order valence-electron chi connectivity index (χ3n) is 8.30. The van der Waals surface area contributed by atoms with Crippen LogP contribution in [0.25, 0.3) is 27.7 Å². The van der Waals surface area contributed by atoms with Crippen LogP contribution >= 0.6 is 0 Å². The number of ether oxygens (including phenoxy) is 1. The summed E-state index contributed by atoms with van der Waals surface area (Å²) in [6, 6.07) is 22.8. The number of rotatable bonds is 9. The van der Waals surface area contributed by atoms with E-state index in [2.05, 4.69) is 53.2 Å². The van der Waals surface area contributed by atoms with E-state index >= 15 is 0 Å². The van der Waals surface area contributed by atoms with E-state index in [4.69, 9.17) is 9.15 Å². The number of para-hydroxylation sites is 3. The topological polar surface area (TPSA) is 193 Å². The average Bonchev–Trinajstić information content (AvgIpc) is 3.73. The number of aryl methyl sites for hydroxylation is 3. The van der Waals surface area contributed by atoms with E-state index in [0.717, 1.165) is 27.6 Å². The Kier molecular flexibility index (Phi) is 9.01. The van der Waals surface area contributed by atoms with Gasteiger partial charge in [-0.25, -0.2) is 14.4 Å². The lowest BCUT2D eigenvalue weighted by atomic mass is 10.0. The van der Waals surface area contributed by atoms with Crippen molar-refractivity contribution in [3.8, 4) is 17.6 Å². The number of hydrogen-bond acceptors (Lipinski definition) is 13. The van der Waals surface area contributed by atoms with E-state index in [1.807, 2.05) is 69.3 Å². The summed E-state index contributed by atoms with van der Waals surface area (Å²) in [7, 11) is 1.18. The van der Waals surface area contributed by atoms with E-state index in [1.54, 1.807) is 40.1 Å². The standard InChI is InChI=1S/C38H31N11O4/c1-6-11-28-25(20-39)33(47-49(28)29-16-17-40-26-13-8-7-12-24(26)29)46-45-31-34(43-38(51)52-5)42-36(44-35(31)50)48(32-22(3)18-21(2)19-23(32)4)37-41-27-14-9-10-15-30(27)53-37/h6-10,12-19H,1,11H2,2-5H3,(H2,42,43,44,50,51). The molecule has 0 saturated carbocycles. The summed E-state index contributed by atoms with van der Waals surface area (Å²) in [6.45, 7) is 9.67. The summed E-state index contributed by atoms with van der Waals surface area (Å²) < 4.78 is 12.6. The number of carbonyl (C=O) groups is 1. The Balaban J connectivity index is 1.39. The molecule has 2 N–H and O–H groups in total. The van der Waals surface area contributed by atoms with Crippen molar-refractivity contribution in [1.82, 2.24) is 29.7 Å². The molecule has 4 aromatic heterocycles. The van der Waals surface area contributed by atoms with Crippen molar-refractivity contribution in [2.75, 3.05) is 17.3 Å². The number of pyridine rings is 1. The minimum Gasteiger partial charge on any atom is -0.492 e. The maximum absolute atomic E-state index is 12.6. The van der Waals surface area contributed by atoms with Crippen LogP contribution in [0.2, 0.25) is 0 Å². The number of fused-ring (bicyclic) bond motifs is 2. The van der Waals surface area contributed by atoms with E-state index in [9.17, 15) is 15.2 Å². The van der Waals surface area contributed by atoms with Gasteiger partial charge in [-0.15, -0.1) is 21.9 Å². The highest BCUT2D eigenvalue weighted by molar-refractivity contribution is 5.89. The number of methoxy groups -OCH3 is 1. The second-order valence-corrected chi connectivity index (χ2v) is 11.9. The number of azo groups is 1. The largest absolute Gasteiger partial charge is 0.492 e. The fraction of sp³-hybridized carbons (Fsp3) is 0.132. The third kappa shape index (κ3) is 6.36. The number of aromatic hydroxyl groups is 1. The quantitative estimate of drug-likeness (QED) is 0.108. The van der Waals surface area contributed by atoms with Crippen LogP contribution < -0.4 is 10.2 Å². The molecule has 4 heterocycles. The molecule has 0 saturated heterocycles. The van der Waals surface area contributed by atoms with E-state index in [1.165, 1.54) is 7.11 Å². The predicted octanol–water partition coefficient (Wildman–Crippen LogP) is 8.65. The Hall–Kier alpha value is -7.47. The van der Waals surface area contributed by atoms with Crippen molar-refractivity contribution < 1.29 is 19.1 Å². The van der Waals surface area contributed by atoms with Crippen molar-refractivity contribution in [3.63, 3.8) is 0 Å². The SMILES string of the molecule is C=CCc1c(C#N)c(N=Nc2c(O)nc(N(c3nc4ccccc4o3)c3c(C)cc(C)cc3C)nc2NC(=O)OC)nn1-c1ccnc2ccccc12. The van der Waals surface area contributed by atoms with Crippen LogP contribution in [0.5, 0.6) is 5.88 Å². The minimum atomic E-state index is -0.901. The van der Waals surface area contributed by atoms with Gasteiger partial charge in [-0.1, -0.05) is 54.1 Å². The number of amides is 1. The number of benzene rings is 3. The molecule has 0 atom stereocenters. The molecule has 0 bridgehead atoms. The molecular weight excluding hydrogens is 674 g/mol. The zero-order valence-electron chi connectivity index (χ0n) is 29.1. The van der Waals surface area contributed by atoms with Gasteiger partial charge in [0.25, 0.3) is 0 Å². The van der Waals surface area contributed by atoms with Crippen molar-refractivity contribution in [2.45, 2.75) is 27.2 Å². The molecular formula is C38H31N11O4. The first-order valence-electron chi connectivity index (χ1n) is 16.3. The van der Waals surface area contributed by atoms with Gasteiger partial charge in [0.05, 0.1) is 29.7 Å². The Morgan fingerprint density at radius 1 is 1.06 bits per heavy atom. The number of nitrogens with zero attached hydrogens (tertiary/aromatic N) is 10. The normalized spacial score (nSPS) is 11.2. The minimum absolute atomic E-state index is 0.0586. The summed E-state index contributed by atoms with van der Waals surface area (Å²) in [5, 5.41) is 38.2. The predicted molar refractivity (Wildman–Crippen MR) is 198 cm³/mol. The van der Waals surface area contributed by atoms with Crippen LogP contribution in [0, 0.1) is 32.1 Å². The molecule has 0 radical (unpaired) electrons. The number of oxazole rings is 1. The Morgan fingerprint density at radius 2 is 1.79 bits per heavy atom. The maximum atomic E-state index is 12.6. The van der Waals surface area contributed by atoms with Gasteiger partial charge in [-0.3, -0.25) is 10.3 Å². The van der Waals surface area contributed by atoms with Gasteiger partial charge >= 0.3 is 12.1 Å². The Bertz CT molecular complexity index is 2580. The van der Waals surface area contributed by atoms with E-state index in [-0.39, 0.29) is 41.3 Å². The molecule has 1 amide bonds. The zero-order valence-corrected chi connectivity index (χ0v) is 29.1. The van der Waals surface area contributed by atoms with Crippen LogP contribution in [0.15, 0.2) is 100 Å². The maximum Gasteiger partial charge on any atom is 0.412 e. The van der Waals surface area contributed by atoms with Crippen molar-refractivity contribution in [1.29, 1.82) is 5.26 Å². The van der Waals surface area contributed by atoms with Gasteiger partial charge in [0.1, 0.15) is 17.1 Å². The molecule has 0 fully saturated rings. The summed E-state index contributed by atoms with van der Waals surface area (Å²) in [5.74, 6) is -1.07. The summed E-state index contributed by atoms with van der Waals surface area (Å²) in [5.41, 5.74) is 6.16. The Morgan fingerprint density at radius 3 is 2.51 bits per heavy atom. The van der Waals surface area contributed by atoms with E-state index in [0.29, 0.717) is 28.2 Å². The highest BCUT2D eigenvalue weighted by Gasteiger charge is 2.28. The fourth-order valence-corrected chi connectivity index (χ4v) is 6.13. The number of nitriles is 1. The van der Waals surface area contributed by atoms with Crippen LogP contribution in [-0.2, 0) is 11.2 Å². The first kappa shape index (κ1) is 34.0. The lowest BCUT2D eigenvalue weighted by Crippen LogP contribution is -2.18. The van der Waals surface area contributed by atoms with Gasteiger partial charge < -0.3 is 14.3 Å². The molecule has 0 spiro atoms. The second-order valence-electron chi connectivity index (χ2n) is 11.9. The zero-order chi connectivity index (χ0) is 37.2. The van der Waals surface area contributed by atoms with Crippen LogP contribution in [0.4, 0.5) is 39.8 Å². The lowest BCUT2D eigenvalue weighted by molar-refractivity contribution is 0.187. The number of hydrogen-bond donors (Lipinski definition) is 2. The lowest BCUT2D eigenvalue weighted by Gasteiger charge is -2.24. The molecule has 3 aromatic carbocycles.